The molecular formula is C25H19Cl2N3O8. The molecule has 1 N–H and O–H groups in total. The van der Waals surface area contributed by atoms with Crippen LogP contribution in [0.2, 0.25) is 10.0 Å². The highest BCUT2D eigenvalue weighted by Gasteiger charge is 2.38. The Balaban J connectivity index is 1.73. The first-order valence-electron chi connectivity index (χ1n) is 11.2. The number of urea groups is 1. The summed E-state index contributed by atoms with van der Waals surface area (Å²) in [4.78, 5) is 50.1. The fourth-order valence-electron chi connectivity index (χ4n) is 3.67. The second-order valence-corrected chi connectivity index (χ2v) is 8.51. The number of nitro benzene ring substituents is 1. The van der Waals surface area contributed by atoms with E-state index in [1.54, 1.807) is 26.0 Å². The molecule has 0 radical (unpaired) electrons. The zero-order chi connectivity index (χ0) is 27.6. The smallest absolute Gasteiger partial charge is 0.336 e. The Bertz CT molecular complexity index is 1500. The molecule has 0 spiro atoms. The lowest BCUT2D eigenvalue weighted by Gasteiger charge is -2.28. The zero-order valence-corrected chi connectivity index (χ0v) is 21.5. The average Bonchev–Trinajstić information content (AvgIpc) is 3.31. The lowest BCUT2D eigenvalue weighted by atomic mass is 10.1. The van der Waals surface area contributed by atoms with Gasteiger partial charge in [-0.2, -0.15) is 0 Å². The Morgan fingerprint density at radius 2 is 1.76 bits per heavy atom. The number of barbiturate groups is 1. The van der Waals surface area contributed by atoms with Crippen molar-refractivity contribution >= 4 is 58.5 Å². The minimum absolute atomic E-state index is 0.0505. The molecule has 38 heavy (non-hydrogen) atoms. The van der Waals surface area contributed by atoms with E-state index in [9.17, 15) is 24.5 Å². The van der Waals surface area contributed by atoms with E-state index in [0.29, 0.717) is 12.4 Å². The topological polar surface area (TPSA) is 141 Å². The number of ether oxygens (including phenoxy) is 2. The van der Waals surface area contributed by atoms with Gasteiger partial charge in [0.15, 0.2) is 0 Å². The fourth-order valence-corrected chi connectivity index (χ4v) is 4.21. The van der Waals surface area contributed by atoms with Gasteiger partial charge in [0.05, 0.1) is 28.8 Å². The Morgan fingerprint density at radius 1 is 1.03 bits per heavy atom. The summed E-state index contributed by atoms with van der Waals surface area (Å²) in [6.07, 6.45) is 1.14. The largest absolute Gasteiger partial charge is 0.494 e. The van der Waals surface area contributed by atoms with Crippen molar-refractivity contribution in [2.24, 2.45) is 0 Å². The number of nitro groups is 1. The van der Waals surface area contributed by atoms with Gasteiger partial charge in [-0.25, -0.2) is 9.69 Å². The van der Waals surface area contributed by atoms with Gasteiger partial charge in [0, 0.05) is 17.7 Å². The van der Waals surface area contributed by atoms with Gasteiger partial charge in [0.25, 0.3) is 17.5 Å². The molecule has 0 saturated carbocycles. The highest BCUT2D eigenvalue weighted by atomic mass is 35.5. The molecule has 0 atom stereocenters. The molecular weight excluding hydrogens is 541 g/mol. The molecule has 1 aliphatic rings. The van der Waals surface area contributed by atoms with E-state index >= 15 is 0 Å². The molecule has 2 aromatic carbocycles. The molecule has 196 valence electrons. The van der Waals surface area contributed by atoms with E-state index in [-0.39, 0.29) is 50.9 Å². The van der Waals surface area contributed by atoms with E-state index in [4.69, 9.17) is 37.1 Å². The van der Waals surface area contributed by atoms with Gasteiger partial charge >= 0.3 is 6.03 Å². The molecule has 1 aliphatic heterocycles. The number of rotatable bonds is 8. The summed E-state index contributed by atoms with van der Waals surface area (Å²) in [5.74, 6) is -1.07. The molecule has 0 aliphatic carbocycles. The molecule has 1 fully saturated rings. The number of imide groups is 2. The lowest BCUT2D eigenvalue weighted by molar-refractivity contribution is -0.384. The van der Waals surface area contributed by atoms with Crippen LogP contribution in [0.4, 0.5) is 16.2 Å². The number of carbonyl (C=O) groups is 3. The number of amides is 4. The second kappa shape index (κ2) is 11.0. The molecule has 0 unspecified atom stereocenters. The molecule has 11 nitrogen and oxygen atoms in total. The number of halogens is 2. The predicted octanol–water partition coefficient (Wildman–Crippen LogP) is 5.63. The number of nitrogens with zero attached hydrogens (tertiary/aromatic N) is 2. The van der Waals surface area contributed by atoms with Crippen LogP contribution < -0.4 is 19.7 Å². The van der Waals surface area contributed by atoms with Crippen LogP contribution in [0.5, 0.6) is 11.5 Å². The molecule has 2 heterocycles. The number of hydrogen-bond acceptors (Lipinski definition) is 8. The Kier molecular flexibility index (Phi) is 7.70. The number of anilines is 1. The van der Waals surface area contributed by atoms with Crippen molar-refractivity contribution in [2.75, 3.05) is 18.1 Å². The lowest BCUT2D eigenvalue weighted by Crippen LogP contribution is -2.54. The molecule has 1 saturated heterocycles. The van der Waals surface area contributed by atoms with E-state index in [1.165, 1.54) is 24.3 Å². The summed E-state index contributed by atoms with van der Waals surface area (Å²) in [5.41, 5.74) is -0.516. The molecule has 13 heteroatoms. The van der Waals surface area contributed by atoms with E-state index < -0.39 is 28.3 Å². The maximum Gasteiger partial charge on any atom is 0.336 e. The van der Waals surface area contributed by atoms with Gasteiger partial charge in [-0.15, -0.1) is 0 Å². The van der Waals surface area contributed by atoms with Gasteiger partial charge in [0.2, 0.25) is 0 Å². The fraction of sp³-hybridized carbons (Fsp3) is 0.160. The highest BCUT2D eigenvalue weighted by molar-refractivity contribution is 6.39. The number of furan rings is 1. The van der Waals surface area contributed by atoms with Crippen LogP contribution in [-0.2, 0) is 9.59 Å². The number of carbonyl (C=O) groups excluding carboxylic acids is 3. The van der Waals surface area contributed by atoms with Crippen LogP contribution in [0.3, 0.4) is 0 Å². The first kappa shape index (κ1) is 26.7. The SMILES string of the molecule is CCOc1ccc(OCC)c(N2C(=O)NC(=O)/C(=C\c3ccc(-c4cc([N+](=O)[O-])c(Cl)cc4Cl)o3)C2=O)c1. The summed E-state index contributed by atoms with van der Waals surface area (Å²) in [5, 5.41) is 13.3. The minimum Gasteiger partial charge on any atom is -0.494 e. The van der Waals surface area contributed by atoms with Crippen LogP contribution in [0.25, 0.3) is 17.4 Å². The average molecular weight is 560 g/mol. The molecule has 4 amide bonds. The molecule has 3 aromatic rings. The van der Waals surface area contributed by atoms with Gasteiger partial charge in [-0.1, -0.05) is 23.2 Å². The third-order valence-corrected chi connectivity index (χ3v) is 5.91. The van der Waals surface area contributed by atoms with Crippen LogP contribution >= 0.6 is 23.2 Å². The third-order valence-electron chi connectivity index (χ3n) is 5.30. The zero-order valence-electron chi connectivity index (χ0n) is 19.9. The number of nitrogens with one attached hydrogen (secondary N) is 1. The van der Waals surface area contributed by atoms with Crippen LogP contribution in [0, 0.1) is 10.1 Å². The third kappa shape index (κ3) is 5.20. The first-order valence-corrected chi connectivity index (χ1v) is 11.9. The summed E-state index contributed by atoms with van der Waals surface area (Å²) in [6.45, 7) is 4.12. The van der Waals surface area contributed by atoms with Gasteiger partial charge in [0.1, 0.15) is 33.6 Å². The Hall–Kier alpha value is -4.35. The van der Waals surface area contributed by atoms with Gasteiger partial charge in [-0.3, -0.25) is 25.0 Å². The quantitative estimate of drug-likeness (QED) is 0.162. The maximum absolute atomic E-state index is 13.4. The monoisotopic (exact) mass is 559 g/mol. The molecule has 0 bridgehead atoms. The highest BCUT2D eigenvalue weighted by Crippen LogP contribution is 2.38. The minimum atomic E-state index is -0.966. The van der Waals surface area contributed by atoms with Crippen molar-refractivity contribution in [1.29, 1.82) is 0 Å². The van der Waals surface area contributed by atoms with Crippen molar-refractivity contribution in [2.45, 2.75) is 13.8 Å². The predicted molar refractivity (Wildman–Crippen MR) is 139 cm³/mol. The van der Waals surface area contributed by atoms with Crippen molar-refractivity contribution in [1.82, 2.24) is 5.32 Å². The van der Waals surface area contributed by atoms with Gasteiger partial charge in [-0.05, 0) is 50.3 Å². The summed E-state index contributed by atoms with van der Waals surface area (Å²) in [6, 6.07) is 8.93. The number of hydrogen-bond donors (Lipinski definition) is 1. The molecule has 1 aromatic heterocycles. The Labute approximate surface area is 225 Å². The maximum atomic E-state index is 13.4. The standard InChI is InChI=1S/C25H19Cl2N3O8/c1-3-36-13-5-8-22(37-4-2)20(10-13)29-24(32)16(23(31)28-25(29)33)9-14-6-7-21(38-14)15-11-19(30(34)35)18(27)12-17(15)26/h5-12H,3-4H2,1-2H3,(H,28,31,33)/b16-9+. The van der Waals surface area contributed by atoms with E-state index in [2.05, 4.69) is 5.32 Å². The van der Waals surface area contributed by atoms with Crippen molar-refractivity contribution < 1.29 is 33.2 Å². The first-order chi connectivity index (χ1) is 18.1. The van der Waals surface area contributed by atoms with Crippen LogP contribution in [0.15, 0.2) is 52.5 Å². The van der Waals surface area contributed by atoms with Gasteiger partial charge < -0.3 is 13.9 Å². The Morgan fingerprint density at radius 3 is 2.45 bits per heavy atom. The van der Waals surface area contributed by atoms with Crippen LogP contribution in [-0.4, -0.2) is 36.0 Å². The van der Waals surface area contributed by atoms with Crippen molar-refractivity contribution in [3.05, 3.63) is 74.0 Å². The summed E-state index contributed by atoms with van der Waals surface area (Å²) >= 11 is 12.1. The van der Waals surface area contributed by atoms with E-state index in [1.807, 2.05) is 0 Å². The normalized spacial score (nSPS) is 14.6. The summed E-state index contributed by atoms with van der Waals surface area (Å²) in [7, 11) is 0. The number of benzene rings is 2. The summed E-state index contributed by atoms with van der Waals surface area (Å²) < 4.78 is 16.8. The second-order valence-electron chi connectivity index (χ2n) is 7.70. The molecule has 4 rings (SSSR count). The van der Waals surface area contributed by atoms with E-state index in [0.717, 1.165) is 17.0 Å². The van der Waals surface area contributed by atoms with Crippen molar-refractivity contribution in [3.8, 4) is 22.8 Å². The van der Waals surface area contributed by atoms with Crippen LogP contribution in [0.1, 0.15) is 19.6 Å². The van der Waals surface area contributed by atoms with Crippen molar-refractivity contribution in [3.63, 3.8) is 0 Å².